The third kappa shape index (κ3) is 5.24. The van der Waals surface area contributed by atoms with Crippen LogP contribution in [0.1, 0.15) is 42.6 Å². The number of nitrogens with zero attached hydrogens (tertiary/aromatic N) is 3. The summed E-state index contributed by atoms with van der Waals surface area (Å²) in [5, 5.41) is 2.76. The van der Waals surface area contributed by atoms with Gasteiger partial charge >= 0.3 is 12.2 Å². The Balaban J connectivity index is 1.53. The van der Waals surface area contributed by atoms with Gasteiger partial charge < -0.3 is 10.2 Å². The molecule has 0 bridgehead atoms. The summed E-state index contributed by atoms with van der Waals surface area (Å²) < 4.78 is 53.6. The van der Waals surface area contributed by atoms with Gasteiger partial charge in [-0.1, -0.05) is 31.5 Å². The van der Waals surface area contributed by atoms with E-state index in [0.717, 1.165) is 4.90 Å². The Morgan fingerprint density at radius 1 is 1.05 bits per heavy atom. The number of likely N-dealkylation sites (N-methyl/N-ethyl adjacent to an activating group) is 1. The lowest BCUT2D eigenvalue weighted by atomic mass is 9.85. The minimum atomic E-state index is -4.79. The second-order valence-corrected chi connectivity index (χ2v) is 10.6. The van der Waals surface area contributed by atoms with Gasteiger partial charge in [0.1, 0.15) is 17.4 Å². The van der Waals surface area contributed by atoms with Crippen LogP contribution in [0, 0.1) is 11.7 Å². The van der Waals surface area contributed by atoms with Crippen molar-refractivity contribution in [1.82, 2.24) is 15.1 Å². The van der Waals surface area contributed by atoms with Gasteiger partial charge in [0, 0.05) is 30.8 Å². The van der Waals surface area contributed by atoms with Gasteiger partial charge in [-0.15, -0.1) is 0 Å². The van der Waals surface area contributed by atoms with E-state index in [1.165, 1.54) is 16.8 Å². The number of likely N-dealkylation sites (tertiary alicyclic amines) is 1. The van der Waals surface area contributed by atoms with Crippen LogP contribution < -0.4 is 10.2 Å². The SMILES string of the molecule is CC(C)[C@@H](NC(=O)c1cc(C(F)(F)F)ccc1F)C(=O)N1CCC2(CC1)C(=O)N(C)C(=O)N2c1cccc(Cl)c1. The second-order valence-electron chi connectivity index (χ2n) is 10.2. The summed E-state index contributed by atoms with van der Waals surface area (Å²) in [6.45, 7) is 3.37. The standard InChI is InChI=1S/C27H27ClF4N4O4/c1-15(2)21(33-22(37)19-13-16(27(30,31)32)7-8-20(19)29)23(38)35-11-9-26(10-12-35)24(39)34(3)25(40)36(26)18-6-4-5-17(28)14-18/h4-8,13-15,21H,9-12H2,1-3H3,(H,33,37)/t21-/m1/s1. The molecular weight excluding hydrogens is 556 g/mol. The lowest BCUT2D eigenvalue weighted by molar-refractivity contribution is -0.139. The summed E-state index contributed by atoms with van der Waals surface area (Å²) in [5.41, 5.74) is -2.84. The number of anilines is 1. The zero-order valence-corrected chi connectivity index (χ0v) is 22.6. The average Bonchev–Trinajstić information content (AvgIpc) is 3.07. The highest BCUT2D eigenvalue weighted by molar-refractivity contribution is 6.31. The maximum absolute atomic E-state index is 14.3. The van der Waals surface area contributed by atoms with Crippen molar-refractivity contribution in [2.75, 3.05) is 25.0 Å². The van der Waals surface area contributed by atoms with E-state index < -0.39 is 64.4 Å². The molecule has 0 aromatic heterocycles. The first-order chi connectivity index (χ1) is 18.7. The summed E-state index contributed by atoms with van der Waals surface area (Å²) in [5.74, 6) is -3.77. The molecule has 0 unspecified atom stereocenters. The highest BCUT2D eigenvalue weighted by Gasteiger charge is 2.58. The second kappa shape index (κ2) is 10.7. The first-order valence-corrected chi connectivity index (χ1v) is 12.9. The van der Waals surface area contributed by atoms with Crippen molar-refractivity contribution >= 4 is 41.0 Å². The predicted molar refractivity (Wildman–Crippen MR) is 138 cm³/mol. The van der Waals surface area contributed by atoms with Crippen LogP contribution in [0.15, 0.2) is 42.5 Å². The van der Waals surface area contributed by atoms with Crippen LogP contribution in [0.3, 0.4) is 0 Å². The van der Waals surface area contributed by atoms with Crippen molar-refractivity contribution in [2.45, 2.75) is 44.4 Å². The Kier molecular flexibility index (Phi) is 7.85. The van der Waals surface area contributed by atoms with E-state index in [2.05, 4.69) is 5.32 Å². The lowest BCUT2D eigenvalue weighted by Gasteiger charge is -2.43. The van der Waals surface area contributed by atoms with E-state index in [4.69, 9.17) is 11.6 Å². The van der Waals surface area contributed by atoms with Gasteiger partial charge in [-0.2, -0.15) is 13.2 Å². The fourth-order valence-corrected chi connectivity index (χ4v) is 5.32. The molecule has 40 heavy (non-hydrogen) atoms. The van der Waals surface area contributed by atoms with E-state index in [1.807, 2.05) is 0 Å². The summed E-state index contributed by atoms with van der Waals surface area (Å²) in [4.78, 5) is 56.4. The summed E-state index contributed by atoms with van der Waals surface area (Å²) in [6.07, 6.45) is -4.59. The molecule has 0 saturated carbocycles. The fraction of sp³-hybridized carbons (Fsp3) is 0.407. The molecule has 2 aliphatic heterocycles. The largest absolute Gasteiger partial charge is 0.416 e. The van der Waals surface area contributed by atoms with E-state index in [1.54, 1.807) is 38.1 Å². The van der Waals surface area contributed by atoms with Crippen LogP contribution in [0.25, 0.3) is 0 Å². The molecule has 4 rings (SSSR count). The van der Waals surface area contributed by atoms with Crippen molar-refractivity contribution in [3.05, 3.63) is 64.4 Å². The molecule has 2 aromatic rings. The Morgan fingerprint density at radius 3 is 2.27 bits per heavy atom. The molecule has 0 aliphatic carbocycles. The summed E-state index contributed by atoms with van der Waals surface area (Å²) >= 11 is 6.12. The first-order valence-electron chi connectivity index (χ1n) is 12.5. The summed E-state index contributed by atoms with van der Waals surface area (Å²) in [7, 11) is 1.38. The first kappa shape index (κ1) is 29.3. The van der Waals surface area contributed by atoms with Crippen LogP contribution in [-0.4, -0.2) is 65.3 Å². The van der Waals surface area contributed by atoms with Crippen molar-refractivity contribution < 1.29 is 36.7 Å². The van der Waals surface area contributed by atoms with Gasteiger partial charge in [-0.3, -0.25) is 24.2 Å². The van der Waals surface area contributed by atoms with Gasteiger partial charge in [0.05, 0.1) is 11.1 Å². The molecule has 2 aromatic carbocycles. The zero-order chi connectivity index (χ0) is 29.6. The minimum absolute atomic E-state index is 0.0553. The molecular formula is C27H27ClF4N4O4. The average molecular weight is 583 g/mol. The van der Waals surface area contributed by atoms with Crippen LogP contribution in [0.5, 0.6) is 0 Å². The molecule has 1 N–H and O–H groups in total. The molecule has 1 spiro atoms. The topological polar surface area (TPSA) is 90.0 Å². The van der Waals surface area contributed by atoms with Gasteiger partial charge in [-0.05, 0) is 55.2 Å². The monoisotopic (exact) mass is 582 g/mol. The molecule has 1 atom stereocenters. The van der Waals surface area contributed by atoms with Crippen molar-refractivity contribution in [2.24, 2.45) is 5.92 Å². The zero-order valence-electron chi connectivity index (χ0n) is 21.9. The molecule has 0 radical (unpaired) electrons. The highest BCUT2D eigenvalue weighted by atomic mass is 35.5. The number of carbonyl (C=O) groups is 4. The number of hydrogen-bond acceptors (Lipinski definition) is 4. The number of hydrogen-bond donors (Lipinski definition) is 1. The minimum Gasteiger partial charge on any atom is -0.341 e. The number of urea groups is 1. The molecule has 2 saturated heterocycles. The third-order valence-corrected chi connectivity index (χ3v) is 7.57. The number of rotatable bonds is 5. The van der Waals surface area contributed by atoms with Gasteiger partial charge in [-0.25, -0.2) is 9.18 Å². The molecule has 13 heteroatoms. The highest BCUT2D eigenvalue weighted by Crippen LogP contribution is 2.41. The van der Waals surface area contributed by atoms with Crippen molar-refractivity contribution in [1.29, 1.82) is 0 Å². The molecule has 5 amide bonds. The van der Waals surface area contributed by atoms with Crippen LogP contribution in [0.4, 0.5) is 28.0 Å². The third-order valence-electron chi connectivity index (χ3n) is 7.34. The number of halogens is 5. The predicted octanol–water partition coefficient (Wildman–Crippen LogP) is 4.71. The van der Waals surface area contributed by atoms with E-state index in [-0.39, 0.29) is 25.9 Å². The number of benzene rings is 2. The van der Waals surface area contributed by atoms with Crippen LogP contribution in [-0.2, 0) is 15.8 Å². The Bertz CT molecular complexity index is 1360. The Hall–Kier alpha value is -3.67. The number of imide groups is 1. The lowest BCUT2D eigenvalue weighted by Crippen LogP contribution is -2.60. The van der Waals surface area contributed by atoms with Gasteiger partial charge in [0.2, 0.25) is 5.91 Å². The number of piperidine rings is 1. The summed E-state index contributed by atoms with van der Waals surface area (Å²) in [6, 6.07) is 6.30. The fourth-order valence-electron chi connectivity index (χ4n) is 5.14. The Morgan fingerprint density at radius 2 is 1.70 bits per heavy atom. The maximum atomic E-state index is 14.3. The van der Waals surface area contributed by atoms with Crippen LogP contribution >= 0.6 is 11.6 Å². The molecule has 2 heterocycles. The van der Waals surface area contributed by atoms with E-state index >= 15 is 0 Å². The molecule has 8 nitrogen and oxygen atoms in total. The number of amides is 5. The van der Waals surface area contributed by atoms with E-state index in [9.17, 15) is 36.7 Å². The number of alkyl halides is 3. The maximum Gasteiger partial charge on any atom is 0.416 e. The smallest absolute Gasteiger partial charge is 0.341 e. The van der Waals surface area contributed by atoms with E-state index in [0.29, 0.717) is 28.9 Å². The number of nitrogens with one attached hydrogen (secondary N) is 1. The van der Waals surface area contributed by atoms with Crippen LogP contribution in [0.2, 0.25) is 5.02 Å². The molecule has 2 aliphatic rings. The van der Waals surface area contributed by atoms with Crippen molar-refractivity contribution in [3.63, 3.8) is 0 Å². The normalized spacial score (nSPS) is 18.1. The van der Waals surface area contributed by atoms with Gasteiger partial charge in [0.15, 0.2) is 0 Å². The molecule has 2 fully saturated rings. The molecule has 214 valence electrons. The van der Waals surface area contributed by atoms with Crippen molar-refractivity contribution in [3.8, 4) is 0 Å². The number of carbonyl (C=O) groups excluding carboxylic acids is 4. The van der Waals surface area contributed by atoms with Gasteiger partial charge in [0.25, 0.3) is 11.8 Å². The quantitative estimate of drug-likeness (QED) is 0.408. The Labute approximate surface area is 232 Å².